The molecular weight excluding hydrogens is 556 g/mol. The average Bonchev–Trinajstić information content (AvgIpc) is 3.33. The molecule has 6 nitrogen and oxygen atoms in total. The lowest BCUT2D eigenvalue weighted by atomic mass is 10.0. The van der Waals surface area contributed by atoms with Crippen LogP contribution in [0.15, 0.2) is 83.8 Å². The number of aromatic nitrogens is 1. The van der Waals surface area contributed by atoms with Gasteiger partial charge in [-0.2, -0.15) is 0 Å². The fourth-order valence-electron chi connectivity index (χ4n) is 4.85. The summed E-state index contributed by atoms with van der Waals surface area (Å²) in [5.41, 5.74) is 2.56. The first-order valence-corrected chi connectivity index (χ1v) is 14.4. The molecule has 216 valence electrons. The van der Waals surface area contributed by atoms with Crippen LogP contribution in [0.4, 0.5) is 14.5 Å². The second-order valence-electron chi connectivity index (χ2n) is 10.6. The normalized spacial score (nSPS) is 11.5. The number of carbonyl (C=O) groups is 1. The lowest BCUT2D eigenvalue weighted by Gasteiger charge is -2.18. The van der Waals surface area contributed by atoms with Gasteiger partial charge in [-0.05, 0) is 48.0 Å². The van der Waals surface area contributed by atoms with Crippen molar-refractivity contribution in [3.8, 4) is 16.2 Å². The lowest BCUT2D eigenvalue weighted by Crippen LogP contribution is -2.19. The van der Waals surface area contributed by atoms with Crippen LogP contribution in [0.1, 0.15) is 30.5 Å². The van der Waals surface area contributed by atoms with E-state index in [1.165, 1.54) is 40.3 Å². The minimum atomic E-state index is -0.708. The summed E-state index contributed by atoms with van der Waals surface area (Å²) < 4.78 is 30.8. The van der Waals surface area contributed by atoms with Crippen molar-refractivity contribution in [1.29, 1.82) is 0 Å². The van der Waals surface area contributed by atoms with E-state index in [-0.39, 0.29) is 23.9 Å². The average molecular weight is 588 g/mol. The number of hydrogen-bond acceptors (Lipinski definition) is 5. The van der Waals surface area contributed by atoms with Crippen LogP contribution in [-0.2, 0) is 24.4 Å². The van der Waals surface area contributed by atoms with Crippen LogP contribution in [0.2, 0.25) is 0 Å². The van der Waals surface area contributed by atoms with Crippen molar-refractivity contribution >= 4 is 33.1 Å². The molecule has 2 N–H and O–H groups in total. The van der Waals surface area contributed by atoms with E-state index in [4.69, 9.17) is 0 Å². The van der Waals surface area contributed by atoms with Gasteiger partial charge in [0.2, 0.25) is 11.3 Å². The van der Waals surface area contributed by atoms with E-state index in [2.05, 4.69) is 10.2 Å². The number of amides is 1. The van der Waals surface area contributed by atoms with Gasteiger partial charge in [-0.3, -0.25) is 14.5 Å². The molecule has 0 aliphatic rings. The van der Waals surface area contributed by atoms with Crippen molar-refractivity contribution in [2.24, 2.45) is 5.92 Å². The predicted molar refractivity (Wildman–Crippen MR) is 164 cm³/mol. The van der Waals surface area contributed by atoms with E-state index in [1.807, 2.05) is 63.4 Å². The zero-order valence-corrected chi connectivity index (χ0v) is 24.3. The number of anilines is 1. The Hall–Kier alpha value is -4.34. The molecule has 0 fully saturated rings. The summed E-state index contributed by atoms with van der Waals surface area (Å²) in [5.74, 6) is -2.18. The smallest absolute Gasteiger partial charge is 0.232 e. The minimum absolute atomic E-state index is 0.0965. The summed E-state index contributed by atoms with van der Waals surface area (Å²) in [6.07, 6.45) is 1.23. The molecule has 0 aliphatic carbocycles. The molecule has 9 heteroatoms. The third kappa shape index (κ3) is 6.12. The Bertz CT molecular complexity index is 1780. The molecule has 0 unspecified atom stereocenters. The van der Waals surface area contributed by atoms with Crippen molar-refractivity contribution in [3.05, 3.63) is 118 Å². The summed E-state index contributed by atoms with van der Waals surface area (Å²) in [7, 11) is 1.95. The summed E-state index contributed by atoms with van der Waals surface area (Å²) in [5, 5.41) is 13.9. The fraction of sp³-hybridized carbons (Fsp3) is 0.212. The van der Waals surface area contributed by atoms with Crippen LogP contribution in [-0.4, -0.2) is 27.5 Å². The topological polar surface area (TPSA) is 74.6 Å². The van der Waals surface area contributed by atoms with E-state index in [0.29, 0.717) is 34.6 Å². The Balaban J connectivity index is 1.63. The van der Waals surface area contributed by atoms with Gasteiger partial charge in [0, 0.05) is 35.1 Å². The number of nitrogens with zero attached hydrogens (tertiary/aromatic N) is 2. The highest BCUT2D eigenvalue weighted by Crippen LogP contribution is 2.39. The van der Waals surface area contributed by atoms with Gasteiger partial charge in [-0.1, -0.05) is 62.4 Å². The van der Waals surface area contributed by atoms with Crippen molar-refractivity contribution in [3.63, 3.8) is 0 Å². The Morgan fingerprint density at radius 2 is 1.62 bits per heavy atom. The molecule has 0 bridgehead atoms. The molecular formula is C33H31F2N3O3S. The number of nitrogens with one attached hydrogen (secondary N) is 1. The van der Waals surface area contributed by atoms with Crippen LogP contribution >= 0.6 is 11.3 Å². The van der Waals surface area contributed by atoms with Crippen LogP contribution < -0.4 is 10.7 Å². The maximum atomic E-state index is 14.6. The third-order valence-electron chi connectivity index (χ3n) is 7.04. The first-order valence-electron chi connectivity index (χ1n) is 13.6. The van der Waals surface area contributed by atoms with Gasteiger partial charge in [0.25, 0.3) is 0 Å². The first kappa shape index (κ1) is 29.2. The minimum Gasteiger partial charge on any atom is -0.503 e. The number of carbonyl (C=O) groups excluding carboxylic acids is 1. The van der Waals surface area contributed by atoms with Crippen molar-refractivity contribution in [2.45, 2.75) is 33.5 Å². The molecule has 5 rings (SSSR count). The van der Waals surface area contributed by atoms with E-state index in [1.54, 1.807) is 12.1 Å². The molecule has 42 heavy (non-hydrogen) atoms. The van der Waals surface area contributed by atoms with Crippen LogP contribution in [0.25, 0.3) is 20.7 Å². The predicted octanol–water partition coefficient (Wildman–Crippen LogP) is 6.99. The molecule has 0 saturated carbocycles. The van der Waals surface area contributed by atoms with Crippen molar-refractivity contribution < 1.29 is 18.7 Å². The number of fused-ring (bicyclic) bond motifs is 1. The third-order valence-corrected chi connectivity index (χ3v) is 8.36. The number of halogens is 2. The second kappa shape index (κ2) is 12.3. The number of rotatable bonds is 9. The summed E-state index contributed by atoms with van der Waals surface area (Å²) in [6, 6.07) is 20.9. The number of pyridine rings is 1. The van der Waals surface area contributed by atoms with Gasteiger partial charge in [-0.25, -0.2) is 8.78 Å². The summed E-state index contributed by atoms with van der Waals surface area (Å²) in [6.45, 7) is 4.42. The zero-order valence-electron chi connectivity index (χ0n) is 23.5. The van der Waals surface area contributed by atoms with Gasteiger partial charge in [-0.15, -0.1) is 11.3 Å². The Morgan fingerprint density at radius 1 is 0.952 bits per heavy atom. The molecule has 0 spiro atoms. The maximum Gasteiger partial charge on any atom is 0.232 e. The number of aromatic hydroxyl groups is 1. The molecule has 0 saturated heterocycles. The molecule has 0 aliphatic heterocycles. The number of benzene rings is 3. The number of hydrogen-bond donors (Lipinski definition) is 2. The largest absolute Gasteiger partial charge is 0.503 e. The number of thiophene rings is 1. The van der Waals surface area contributed by atoms with Gasteiger partial charge in [0.05, 0.1) is 18.1 Å². The van der Waals surface area contributed by atoms with E-state index in [9.17, 15) is 23.5 Å². The van der Waals surface area contributed by atoms with E-state index >= 15 is 0 Å². The highest BCUT2D eigenvalue weighted by Gasteiger charge is 2.23. The molecule has 5 aromatic rings. The van der Waals surface area contributed by atoms with Gasteiger partial charge in [0.1, 0.15) is 16.5 Å². The lowest BCUT2D eigenvalue weighted by molar-refractivity contribution is -0.118. The maximum absolute atomic E-state index is 14.6. The Morgan fingerprint density at radius 3 is 2.26 bits per heavy atom. The van der Waals surface area contributed by atoms with E-state index < -0.39 is 22.8 Å². The molecule has 0 radical (unpaired) electrons. The molecule has 3 aromatic carbocycles. The van der Waals surface area contributed by atoms with Crippen LogP contribution in [0.3, 0.4) is 0 Å². The second-order valence-corrected chi connectivity index (χ2v) is 11.6. The van der Waals surface area contributed by atoms with Crippen LogP contribution in [0.5, 0.6) is 5.75 Å². The van der Waals surface area contributed by atoms with Crippen molar-refractivity contribution in [2.75, 3.05) is 12.4 Å². The standard InChI is InChI=1S/C33H31F2N3O3S/c1-20(2)32(41)36-23-14-12-22(13-15-23)31-25(17-37(3)16-21-8-5-4-6-9-21)29-30(40)28(39)19-38(33(29)42-31)18-24-26(34)10-7-11-27(24)35/h4-15,19-20,39H,16-18H2,1-3H3,(H,36,41). The molecule has 1 amide bonds. The first-order chi connectivity index (χ1) is 20.1. The van der Waals surface area contributed by atoms with Gasteiger partial charge < -0.3 is 15.0 Å². The Labute approximate surface area is 246 Å². The SMILES string of the molecule is CC(C)C(=O)Nc1ccc(-c2sc3c(c2CN(C)Cc2ccccc2)c(=O)c(O)cn3Cc2c(F)cccc2F)cc1. The quantitative estimate of drug-likeness (QED) is 0.195. The highest BCUT2D eigenvalue weighted by atomic mass is 32.1. The van der Waals surface area contributed by atoms with Gasteiger partial charge in [0.15, 0.2) is 5.75 Å². The monoisotopic (exact) mass is 587 g/mol. The summed E-state index contributed by atoms with van der Waals surface area (Å²) in [4.78, 5) is 29.0. The van der Waals surface area contributed by atoms with Crippen LogP contribution in [0, 0.1) is 17.6 Å². The summed E-state index contributed by atoms with van der Waals surface area (Å²) >= 11 is 1.32. The van der Waals surface area contributed by atoms with E-state index in [0.717, 1.165) is 16.0 Å². The zero-order chi connectivity index (χ0) is 30.0. The van der Waals surface area contributed by atoms with Crippen molar-refractivity contribution in [1.82, 2.24) is 9.47 Å². The van der Waals surface area contributed by atoms with Gasteiger partial charge >= 0.3 is 0 Å². The molecule has 2 heterocycles. The molecule has 0 atom stereocenters. The molecule has 2 aromatic heterocycles. The fourth-order valence-corrected chi connectivity index (χ4v) is 6.14. The Kier molecular flexibility index (Phi) is 8.51. The highest BCUT2D eigenvalue weighted by molar-refractivity contribution is 7.22.